The Labute approximate surface area is 98.6 Å². The van der Waals surface area contributed by atoms with Gasteiger partial charge in [-0.2, -0.15) is 10.2 Å². The largest absolute Gasteiger partial charge is 0.353 e. The smallest absolute Gasteiger partial charge is 0.0731 e. The van der Waals surface area contributed by atoms with Gasteiger partial charge in [-0.15, -0.1) is 9.24 Å². The van der Waals surface area contributed by atoms with E-state index in [9.17, 15) is 0 Å². The van der Waals surface area contributed by atoms with Crippen molar-refractivity contribution in [2.45, 2.75) is 0 Å². The summed E-state index contributed by atoms with van der Waals surface area (Å²) < 4.78 is 1.02. The number of halogens is 1. The van der Waals surface area contributed by atoms with Crippen LogP contribution in [-0.4, -0.2) is 10.2 Å². The zero-order valence-electron chi connectivity index (χ0n) is 7.81. The summed E-state index contributed by atoms with van der Waals surface area (Å²) in [6, 6.07) is 7.92. The van der Waals surface area contributed by atoms with Gasteiger partial charge in [0.25, 0.3) is 0 Å². The van der Waals surface area contributed by atoms with Crippen molar-refractivity contribution in [3.05, 3.63) is 41.1 Å². The molecule has 0 saturated heterocycles. The lowest BCUT2D eigenvalue weighted by Gasteiger charge is -2.08. The van der Waals surface area contributed by atoms with Crippen molar-refractivity contribution in [1.82, 2.24) is 10.2 Å². The van der Waals surface area contributed by atoms with Gasteiger partial charge in [0.1, 0.15) is 0 Å². The highest BCUT2D eigenvalue weighted by atomic mass is 79.9. The quantitative estimate of drug-likeness (QED) is 0.860. The maximum atomic E-state index is 3.80. The second kappa shape index (κ2) is 4.69. The summed E-state index contributed by atoms with van der Waals surface area (Å²) >= 11 is 3.48. The molecule has 15 heavy (non-hydrogen) atoms. The molecule has 0 aliphatic carbocycles. The second-order valence-electron chi connectivity index (χ2n) is 3.00. The van der Waals surface area contributed by atoms with Gasteiger partial charge in [-0.3, -0.25) is 0 Å². The van der Waals surface area contributed by atoms with E-state index in [1.807, 2.05) is 24.3 Å². The number of anilines is 2. The van der Waals surface area contributed by atoms with Crippen molar-refractivity contribution in [1.29, 1.82) is 0 Å². The lowest BCUT2D eigenvalue weighted by Crippen LogP contribution is -1.97. The van der Waals surface area contributed by atoms with Gasteiger partial charge in [0.15, 0.2) is 0 Å². The van der Waals surface area contributed by atoms with Crippen LogP contribution >= 0.6 is 25.2 Å². The molecule has 1 atom stereocenters. The molecular weight excluding hydrogens is 273 g/mol. The first-order chi connectivity index (χ1) is 7.25. The van der Waals surface area contributed by atoms with Gasteiger partial charge >= 0.3 is 0 Å². The summed E-state index contributed by atoms with van der Waals surface area (Å²) in [5, 5.41) is 11.9. The average molecular weight is 282 g/mol. The van der Waals surface area contributed by atoms with Crippen LogP contribution in [-0.2, 0) is 0 Å². The van der Waals surface area contributed by atoms with Crippen LogP contribution < -0.4 is 10.6 Å². The summed E-state index contributed by atoms with van der Waals surface area (Å²) in [5.74, 6) is 0. The van der Waals surface area contributed by atoms with Gasteiger partial charge in [-0.05, 0) is 39.4 Å². The van der Waals surface area contributed by atoms with Crippen molar-refractivity contribution < 1.29 is 0 Å². The Hall–Kier alpha value is -0.990. The number of nitrogens with zero attached hydrogens (tertiary/aromatic N) is 2. The monoisotopic (exact) mass is 281 g/mol. The van der Waals surface area contributed by atoms with Crippen molar-refractivity contribution >= 4 is 41.8 Å². The molecule has 1 aromatic heterocycles. The van der Waals surface area contributed by atoms with E-state index in [1.54, 1.807) is 12.4 Å². The van der Waals surface area contributed by atoms with E-state index in [-0.39, 0.29) is 0 Å². The first kappa shape index (κ1) is 10.5. The van der Waals surface area contributed by atoms with E-state index in [0.29, 0.717) is 0 Å². The van der Waals surface area contributed by atoms with Gasteiger partial charge < -0.3 is 5.32 Å². The van der Waals surface area contributed by atoms with Crippen molar-refractivity contribution in [2.24, 2.45) is 0 Å². The average Bonchev–Trinajstić information content (AvgIpc) is 2.25. The molecular formula is C10H9BrN3P. The highest BCUT2D eigenvalue weighted by Gasteiger charge is 2.00. The molecule has 1 N–H and O–H groups in total. The van der Waals surface area contributed by atoms with Crippen LogP contribution in [0.4, 0.5) is 11.4 Å². The van der Waals surface area contributed by atoms with Crippen LogP contribution in [0.5, 0.6) is 0 Å². The van der Waals surface area contributed by atoms with Crippen molar-refractivity contribution in [2.75, 3.05) is 5.32 Å². The van der Waals surface area contributed by atoms with Crippen LogP contribution in [0.1, 0.15) is 0 Å². The lowest BCUT2D eigenvalue weighted by molar-refractivity contribution is 1.03. The van der Waals surface area contributed by atoms with Gasteiger partial charge in [0, 0.05) is 4.47 Å². The Morgan fingerprint density at radius 2 is 2.07 bits per heavy atom. The predicted molar refractivity (Wildman–Crippen MR) is 68.8 cm³/mol. The predicted octanol–water partition coefficient (Wildman–Crippen LogP) is 2.48. The third kappa shape index (κ3) is 2.74. The molecule has 0 amide bonds. The van der Waals surface area contributed by atoms with E-state index in [1.165, 1.54) is 0 Å². The summed E-state index contributed by atoms with van der Waals surface area (Å²) in [6.07, 6.45) is 3.34. The van der Waals surface area contributed by atoms with Gasteiger partial charge in [-0.1, -0.05) is 6.07 Å². The van der Waals surface area contributed by atoms with E-state index >= 15 is 0 Å². The number of rotatable bonds is 2. The standard InChI is InChI=1S/C10H9BrN3P/c11-9-2-1-8(15)5-10(9)14-7-3-4-12-13-6-7/h1-6H,15H2,(H,12,14). The number of hydrogen-bond acceptors (Lipinski definition) is 3. The fraction of sp³-hybridized carbons (Fsp3) is 0. The first-order valence-electron chi connectivity index (χ1n) is 4.34. The molecule has 0 aliphatic heterocycles. The molecule has 0 aliphatic rings. The Bertz CT molecular complexity index is 461. The van der Waals surface area contributed by atoms with Crippen molar-refractivity contribution in [3.8, 4) is 0 Å². The molecule has 0 radical (unpaired) electrons. The van der Waals surface area contributed by atoms with Crippen LogP contribution in [0, 0.1) is 0 Å². The minimum Gasteiger partial charge on any atom is -0.353 e. The number of aromatic nitrogens is 2. The molecule has 5 heteroatoms. The molecule has 76 valence electrons. The van der Waals surface area contributed by atoms with Crippen LogP contribution in [0.25, 0.3) is 0 Å². The normalized spacial score (nSPS) is 10.0. The van der Waals surface area contributed by atoms with E-state index < -0.39 is 0 Å². The van der Waals surface area contributed by atoms with Gasteiger partial charge in [0.05, 0.1) is 23.8 Å². The maximum absolute atomic E-state index is 3.80. The minimum atomic E-state index is 0.918. The molecule has 0 saturated carbocycles. The van der Waals surface area contributed by atoms with Gasteiger partial charge in [0.2, 0.25) is 0 Å². The van der Waals surface area contributed by atoms with Crippen LogP contribution in [0.15, 0.2) is 41.1 Å². The fourth-order valence-corrected chi connectivity index (χ4v) is 1.77. The topological polar surface area (TPSA) is 37.8 Å². The highest BCUT2D eigenvalue weighted by molar-refractivity contribution is 9.10. The molecule has 1 heterocycles. The Balaban J connectivity index is 2.28. The molecule has 0 fully saturated rings. The molecule has 2 rings (SSSR count). The van der Waals surface area contributed by atoms with Crippen LogP contribution in [0.2, 0.25) is 0 Å². The van der Waals surface area contributed by atoms with Gasteiger partial charge in [-0.25, -0.2) is 0 Å². The third-order valence-corrected chi connectivity index (χ3v) is 2.90. The number of hydrogen-bond donors (Lipinski definition) is 1. The van der Waals surface area contributed by atoms with Crippen molar-refractivity contribution in [3.63, 3.8) is 0 Å². The van der Waals surface area contributed by atoms with E-state index in [4.69, 9.17) is 0 Å². The van der Waals surface area contributed by atoms with E-state index in [2.05, 4.69) is 40.7 Å². The molecule has 0 spiro atoms. The minimum absolute atomic E-state index is 0.918. The Morgan fingerprint density at radius 3 is 2.80 bits per heavy atom. The molecule has 3 nitrogen and oxygen atoms in total. The maximum Gasteiger partial charge on any atom is 0.0731 e. The third-order valence-electron chi connectivity index (χ3n) is 1.85. The molecule has 0 bridgehead atoms. The second-order valence-corrected chi connectivity index (χ2v) is 4.52. The zero-order valence-corrected chi connectivity index (χ0v) is 10.6. The summed E-state index contributed by atoms with van der Waals surface area (Å²) in [7, 11) is 2.66. The molecule has 2 aromatic rings. The molecule has 1 unspecified atom stereocenters. The summed E-state index contributed by atoms with van der Waals surface area (Å²) in [4.78, 5) is 0. The van der Waals surface area contributed by atoms with Crippen LogP contribution in [0.3, 0.4) is 0 Å². The summed E-state index contributed by atoms with van der Waals surface area (Å²) in [6.45, 7) is 0. The Kier molecular flexibility index (Phi) is 3.29. The SMILES string of the molecule is Pc1ccc(Br)c(Nc2ccnnc2)c1. The summed E-state index contributed by atoms with van der Waals surface area (Å²) in [5.41, 5.74) is 1.93. The first-order valence-corrected chi connectivity index (χ1v) is 5.71. The molecule has 1 aromatic carbocycles. The lowest BCUT2D eigenvalue weighted by atomic mass is 10.3. The zero-order chi connectivity index (χ0) is 10.7. The van der Waals surface area contributed by atoms with E-state index in [0.717, 1.165) is 21.2 Å². The number of nitrogens with one attached hydrogen (secondary N) is 1. The number of benzene rings is 1. The highest BCUT2D eigenvalue weighted by Crippen LogP contribution is 2.24. The Morgan fingerprint density at radius 1 is 1.20 bits per heavy atom. The fourth-order valence-electron chi connectivity index (χ4n) is 1.16.